The number of nitrogens with zero attached hydrogens (tertiary/aromatic N) is 4. The zero-order valence-corrected chi connectivity index (χ0v) is 22.3. The normalized spacial score (nSPS) is 17.5. The summed E-state index contributed by atoms with van der Waals surface area (Å²) < 4.78 is 14.2. The number of rotatable bonds is 6. The molecule has 10 heteroatoms. The summed E-state index contributed by atoms with van der Waals surface area (Å²) in [6, 6.07) is 8.54. The molecule has 0 spiro atoms. The number of carbonyl (C=O) groups excluding carboxylic acids is 2. The zero-order chi connectivity index (χ0) is 25.1. The molecule has 0 saturated carbocycles. The van der Waals surface area contributed by atoms with E-state index in [9.17, 15) is 14.0 Å². The largest absolute Gasteiger partial charge is 0.338 e. The first kappa shape index (κ1) is 25.3. The SMILES string of the molecule is O=C(c1csc(C2CCN(C(=O)c3c(F)cccc3Cl)CC2)n1)N1CCN(CCc2cccs2)CC1. The number of hydrogen-bond donors (Lipinski definition) is 0. The molecule has 1 aromatic carbocycles. The molecule has 3 aromatic rings. The first-order valence-corrected chi connectivity index (χ1v) is 14.4. The second kappa shape index (κ2) is 11.4. The topological polar surface area (TPSA) is 56.8 Å². The third kappa shape index (κ3) is 5.64. The van der Waals surface area contributed by atoms with E-state index >= 15 is 0 Å². The van der Waals surface area contributed by atoms with Crippen LogP contribution in [0, 0.1) is 5.82 Å². The average molecular weight is 547 g/mol. The van der Waals surface area contributed by atoms with E-state index in [1.54, 1.807) is 16.2 Å². The summed E-state index contributed by atoms with van der Waals surface area (Å²) >= 11 is 9.38. The molecule has 0 atom stereocenters. The number of likely N-dealkylation sites (tertiary alicyclic amines) is 1. The number of thiophene rings is 1. The van der Waals surface area contributed by atoms with Gasteiger partial charge < -0.3 is 9.80 Å². The maximum Gasteiger partial charge on any atom is 0.273 e. The van der Waals surface area contributed by atoms with Crippen molar-refractivity contribution in [3.8, 4) is 0 Å². The fraction of sp³-hybridized carbons (Fsp3) is 0.423. The molecule has 2 aromatic heterocycles. The smallest absolute Gasteiger partial charge is 0.273 e. The second-order valence-corrected chi connectivity index (χ2v) is 11.5. The molecule has 4 heterocycles. The highest BCUT2D eigenvalue weighted by molar-refractivity contribution is 7.10. The van der Waals surface area contributed by atoms with E-state index in [0.717, 1.165) is 57.0 Å². The highest BCUT2D eigenvalue weighted by atomic mass is 35.5. The predicted molar refractivity (Wildman–Crippen MR) is 142 cm³/mol. The molecule has 2 fully saturated rings. The third-order valence-electron chi connectivity index (χ3n) is 6.96. The van der Waals surface area contributed by atoms with Crippen molar-refractivity contribution in [2.45, 2.75) is 25.2 Å². The fourth-order valence-corrected chi connectivity index (χ4v) is 6.73. The van der Waals surface area contributed by atoms with Gasteiger partial charge in [0.25, 0.3) is 11.8 Å². The Hall–Kier alpha value is -2.33. The first-order valence-electron chi connectivity index (χ1n) is 12.2. The van der Waals surface area contributed by atoms with Crippen molar-refractivity contribution in [2.24, 2.45) is 0 Å². The van der Waals surface area contributed by atoms with Crippen LogP contribution in [0.4, 0.5) is 4.39 Å². The van der Waals surface area contributed by atoms with Crippen molar-refractivity contribution in [3.63, 3.8) is 0 Å². The summed E-state index contributed by atoms with van der Waals surface area (Å²) in [6.07, 6.45) is 2.50. The van der Waals surface area contributed by atoms with Crippen molar-refractivity contribution in [1.29, 1.82) is 0 Å². The summed E-state index contributed by atoms with van der Waals surface area (Å²) in [6.45, 7) is 5.23. The summed E-state index contributed by atoms with van der Waals surface area (Å²) in [5, 5.41) is 5.04. The van der Waals surface area contributed by atoms with Crippen molar-refractivity contribution in [3.05, 3.63) is 73.1 Å². The Kier molecular flexibility index (Phi) is 8.00. The number of hydrogen-bond acceptors (Lipinski definition) is 6. The molecular formula is C26H28ClFN4O2S2. The number of thiazole rings is 1. The van der Waals surface area contributed by atoms with Crippen molar-refractivity contribution in [2.75, 3.05) is 45.8 Å². The van der Waals surface area contributed by atoms with Gasteiger partial charge in [-0.25, -0.2) is 9.37 Å². The Morgan fingerprint density at radius 3 is 2.42 bits per heavy atom. The van der Waals surface area contributed by atoms with Gasteiger partial charge in [0.2, 0.25) is 0 Å². The van der Waals surface area contributed by atoms with Crippen LogP contribution in [0.15, 0.2) is 41.1 Å². The van der Waals surface area contributed by atoms with Gasteiger partial charge >= 0.3 is 0 Å². The number of piperazine rings is 1. The van der Waals surface area contributed by atoms with Crippen LogP contribution in [0.2, 0.25) is 5.02 Å². The minimum atomic E-state index is -0.596. The number of benzene rings is 1. The van der Waals surface area contributed by atoms with Crippen molar-refractivity contribution < 1.29 is 14.0 Å². The average Bonchev–Trinajstić information content (AvgIpc) is 3.60. The van der Waals surface area contributed by atoms with Gasteiger partial charge in [0.15, 0.2) is 0 Å². The van der Waals surface area contributed by atoms with Gasteiger partial charge in [-0.15, -0.1) is 22.7 Å². The molecule has 0 radical (unpaired) electrons. The minimum absolute atomic E-state index is 0.00258. The van der Waals surface area contributed by atoms with Gasteiger partial charge in [-0.1, -0.05) is 23.7 Å². The summed E-state index contributed by atoms with van der Waals surface area (Å²) in [7, 11) is 0. The van der Waals surface area contributed by atoms with Crippen molar-refractivity contribution in [1.82, 2.24) is 19.7 Å². The van der Waals surface area contributed by atoms with Crippen LogP contribution >= 0.6 is 34.3 Å². The number of carbonyl (C=O) groups is 2. The van der Waals surface area contributed by atoms with E-state index in [1.807, 2.05) is 10.3 Å². The fourth-order valence-electron chi connectivity index (χ4n) is 4.82. The lowest BCUT2D eigenvalue weighted by Gasteiger charge is -2.34. The molecule has 2 amide bonds. The highest BCUT2D eigenvalue weighted by Crippen LogP contribution is 2.32. The van der Waals surface area contributed by atoms with Gasteiger partial charge in [-0.3, -0.25) is 14.5 Å². The maximum absolute atomic E-state index is 14.2. The van der Waals surface area contributed by atoms with Gasteiger partial charge in [0.05, 0.1) is 15.6 Å². The maximum atomic E-state index is 14.2. The number of piperidine rings is 1. The monoisotopic (exact) mass is 546 g/mol. The molecule has 0 bridgehead atoms. The molecule has 5 rings (SSSR count). The van der Waals surface area contributed by atoms with Gasteiger partial charge in [-0.2, -0.15) is 0 Å². The quantitative estimate of drug-likeness (QED) is 0.436. The Labute approximate surface area is 223 Å². The molecule has 0 N–H and O–H groups in total. The Morgan fingerprint density at radius 1 is 0.972 bits per heavy atom. The molecule has 0 unspecified atom stereocenters. The van der Waals surface area contributed by atoms with Crippen LogP contribution in [0.25, 0.3) is 0 Å². The van der Waals surface area contributed by atoms with E-state index in [4.69, 9.17) is 11.6 Å². The Morgan fingerprint density at radius 2 is 1.72 bits per heavy atom. The lowest BCUT2D eigenvalue weighted by Crippen LogP contribution is -2.49. The van der Waals surface area contributed by atoms with Crippen LogP contribution < -0.4 is 0 Å². The molecular weight excluding hydrogens is 519 g/mol. The molecule has 2 aliphatic rings. The summed E-state index contributed by atoms with van der Waals surface area (Å²) in [4.78, 5) is 37.9. The number of halogens is 2. The second-order valence-electron chi connectivity index (χ2n) is 9.20. The lowest BCUT2D eigenvalue weighted by atomic mass is 9.97. The molecule has 0 aliphatic carbocycles. The number of amides is 2. The molecule has 2 saturated heterocycles. The van der Waals surface area contributed by atoms with Crippen LogP contribution in [-0.4, -0.2) is 77.3 Å². The predicted octanol–water partition coefficient (Wildman–Crippen LogP) is 5.02. The summed E-state index contributed by atoms with van der Waals surface area (Å²) in [5.41, 5.74) is 0.449. The number of aromatic nitrogens is 1. The van der Waals surface area contributed by atoms with E-state index in [0.29, 0.717) is 18.8 Å². The Balaban J connectivity index is 1.11. The first-order chi connectivity index (χ1) is 17.5. The van der Waals surface area contributed by atoms with E-state index < -0.39 is 5.82 Å². The van der Waals surface area contributed by atoms with Crippen molar-refractivity contribution >= 4 is 46.1 Å². The van der Waals surface area contributed by atoms with Gasteiger partial charge in [0, 0.05) is 62.0 Å². The van der Waals surface area contributed by atoms with E-state index in [2.05, 4.69) is 27.4 Å². The van der Waals surface area contributed by atoms with E-state index in [-0.39, 0.29) is 28.3 Å². The highest BCUT2D eigenvalue weighted by Gasteiger charge is 2.30. The zero-order valence-electron chi connectivity index (χ0n) is 19.9. The molecule has 6 nitrogen and oxygen atoms in total. The molecule has 36 heavy (non-hydrogen) atoms. The Bertz CT molecular complexity index is 1180. The van der Waals surface area contributed by atoms with Crippen LogP contribution in [0.1, 0.15) is 49.5 Å². The van der Waals surface area contributed by atoms with Crippen LogP contribution in [0.3, 0.4) is 0 Å². The van der Waals surface area contributed by atoms with Gasteiger partial charge in [0.1, 0.15) is 11.5 Å². The van der Waals surface area contributed by atoms with Crippen LogP contribution in [0.5, 0.6) is 0 Å². The molecule has 190 valence electrons. The molecule has 2 aliphatic heterocycles. The van der Waals surface area contributed by atoms with Crippen LogP contribution in [-0.2, 0) is 6.42 Å². The lowest BCUT2D eigenvalue weighted by molar-refractivity contribution is 0.0633. The minimum Gasteiger partial charge on any atom is -0.338 e. The van der Waals surface area contributed by atoms with Gasteiger partial charge in [-0.05, 0) is 42.8 Å². The third-order valence-corrected chi connectivity index (χ3v) is 9.22. The standard InChI is InChI=1S/C26H28ClFN4O2S2/c27-20-4-1-5-21(28)23(20)26(34)31-10-6-18(7-11-31)24-29-22(17-36-24)25(33)32-14-12-30(13-15-32)9-8-19-3-2-16-35-19/h1-5,16-18H,6-15H2. The van der Waals surface area contributed by atoms with E-state index in [1.165, 1.54) is 34.4 Å². The summed E-state index contributed by atoms with van der Waals surface area (Å²) in [5.74, 6) is -0.787.